The first-order chi connectivity index (χ1) is 8.22. The minimum Gasteiger partial charge on any atom is -0.395 e. The lowest BCUT2D eigenvalue weighted by molar-refractivity contribution is -0.133. The molecule has 0 aromatic heterocycles. The van der Waals surface area contributed by atoms with Crippen molar-refractivity contribution in [3.05, 3.63) is 0 Å². The number of hydrogen-bond donors (Lipinski definition) is 1. The van der Waals surface area contributed by atoms with Gasteiger partial charge in [0.15, 0.2) is 0 Å². The number of nitrogens with zero attached hydrogens (tertiary/aromatic N) is 2. The monoisotopic (exact) mass is 240 g/mol. The smallest absolute Gasteiger partial charge is 0.219 e. The third kappa shape index (κ3) is 3.42. The van der Waals surface area contributed by atoms with Crippen molar-refractivity contribution < 1.29 is 9.90 Å². The molecular weight excluding hydrogens is 216 g/mol. The molecule has 1 N–H and O–H groups in total. The molecule has 98 valence electrons. The fourth-order valence-corrected chi connectivity index (χ4v) is 2.87. The Bertz CT molecular complexity index is 266. The zero-order valence-electron chi connectivity index (χ0n) is 10.8. The fraction of sp³-hybridized carbons (Fsp3) is 0.923. The molecule has 1 saturated heterocycles. The van der Waals surface area contributed by atoms with Crippen LogP contribution in [0.2, 0.25) is 0 Å². The Labute approximate surface area is 104 Å². The van der Waals surface area contributed by atoms with Crippen LogP contribution in [0.5, 0.6) is 0 Å². The number of hydrogen-bond acceptors (Lipinski definition) is 3. The second-order valence-corrected chi connectivity index (χ2v) is 5.31. The average Bonchev–Trinajstić information content (AvgIpc) is 3.13. The quantitative estimate of drug-likeness (QED) is 0.774. The molecule has 0 aromatic rings. The Balaban J connectivity index is 1.91. The molecule has 1 aliphatic heterocycles. The van der Waals surface area contributed by atoms with Crippen LogP contribution in [0.4, 0.5) is 0 Å². The van der Waals surface area contributed by atoms with E-state index in [9.17, 15) is 4.79 Å². The number of amides is 1. The van der Waals surface area contributed by atoms with Gasteiger partial charge in [0, 0.05) is 38.6 Å². The van der Waals surface area contributed by atoms with Gasteiger partial charge in [-0.15, -0.1) is 0 Å². The SMILES string of the molecule is CC(=O)N1CCCCC1CN(CCO)C1CC1. The van der Waals surface area contributed by atoms with Crippen LogP contribution in [0, 0.1) is 0 Å². The van der Waals surface area contributed by atoms with Gasteiger partial charge in [0.05, 0.1) is 6.61 Å². The van der Waals surface area contributed by atoms with Crippen molar-refractivity contribution in [2.45, 2.75) is 51.1 Å². The number of carbonyl (C=O) groups excluding carboxylic acids is 1. The summed E-state index contributed by atoms with van der Waals surface area (Å²) >= 11 is 0. The average molecular weight is 240 g/mol. The zero-order chi connectivity index (χ0) is 12.3. The zero-order valence-corrected chi connectivity index (χ0v) is 10.8. The Hall–Kier alpha value is -0.610. The topological polar surface area (TPSA) is 43.8 Å². The van der Waals surface area contributed by atoms with Gasteiger partial charge in [-0.2, -0.15) is 0 Å². The van der Waals surface area contributed by atoms with Gasteiger partial charge in [0.1, 0.15) is 0 Å². The van der Waals surface area contributed by atoms with Crippen LogP contribution < -0.4 is 0 Å². The summed E-state index contributed by atoms with van der Waals surface area (Å²) in [5.41, 5.74) is 0. The largest absolute Gasteiger partial charge is 0.395 e. The van der Waals surface area contributed by atoms with Crippen LogP contribution in [0.3, 0.4) is 0 Å². The van der Waals surface area contributed by atoms with Gasteiger partial charge in [0.2, 0.25) is 5.91 Å². The van der Waals surface area contributed by atoms with E-state index in [0.29, 0.717) is 12.1 Å². The molecule has 0 bridgehead atoms. The van der Waals surface area contributed by atoms with Crippen LogP contribution >= 0.6 is 0 Å². The van der Waals surface area contributed by atoms with Gasteiger partial charge >= 0.3 is 0 Å². The molecule has 0 radical (unpaired) electrons. The van der Waals surface area contributed by atoms with Crippen LogP contribution in [-0.4, -0.2) is 59.1 Å². The summed E-state index contributed by atoms with van der Waals surface area (Å²) in [7, 11) is 0. The maximum Gasteiger partial charge on any atom is 0.219 e. The lowest BCUT2D eigenvalue weighted by Gasteiger charge is -2.38. The molecule has 0 aromatic carbocycles. The van der Waals surface area contributed by atoms with Gasteiger partial charge in [-0.25, -0.2) is 0 Å². The molecule has 1 heterocycles. The molecule has 2 fully saturated rings. The number of likely N-dealkylation sites (tertiary alicyclic amines) is 1. The molecular formula is C13H24N2O2. The number of rotatable bonds is 5. The van der Waals surface area contributed by atoms with Crippen molar-refractivity contribution in [3.8, 4) is 0 Å². The molecule has 4 nitrogen and oxygen atoms in total. The minimum atomic E-state index is 0.203. The van der Waals surface area contributed by atoms with Crippen molar-refractivity contribution in [3.63, 3.8) is 0 Å². The van der Waals surface area contributed by atoms with E-state index in [1.54, 1.807) is 6.92 Å². The summed E-state index contributed by atoms with van der Waals surface area (Å²) in [6.07, 6.45) is 6.00. The Kier molecular flexibility index (Phi) is 4.40. The van der Waals surface area contributed by atoms with Gasteiger partial charge in [0.25, 0.3) is 0 Å². The van der Waals surface area contributed by atoms with Crippen molar-refractivity contribution in [1.82, 2.24) is 9.80 Å². The van der Waals surface area contributed by atoms with Crippen LogP contribution in [0.1, 0.15) is 39.0 Å². The van der Waals surface area contributed by atoms with E-state index in [4.69, 9.17) is 5.11 Å². The van der Waals surface area contributed by atoms with E-state index in [1.807, 2.05) is 4.90 Å². The molecule has 1 aliphatic carbocycles. The van der Waals surface area contributed by atoms with Crippen molar-refractivity contribution in [2.24, 2.45) is 0 Å². The first kappa shape index (κ1) is 12.8. The van der Waals surface area contributed by atoms with Crippen molar-refractivity contribution in [1.29, 1.82) is 0 Å². The predicted octanol–water partition coefficient (Wildman–Crippen LogP) is 0.844. The van der Waals surface area contributed by atoms with Gasteiger partial charge in [-0.1, -0.05) is 0 Å². The highest BCUT2D eigenvalue weighted by Gasteiger charge is 2.33. The van der Waals surface area contributed by atoms with Gasteiger partial charge in [-0.3, -0.25) is 9.69 Å². The number of aliphatic hydroxyl groups excluding tert-OH is 1. The summed E-state index contributed by atoms with van der Waals surface area (Å²) in [4.78, 5) is 16.0. The van der Waals surface area contributed by atoms with E-state index < -0.39 is 0 Å². The fourth-order valence-electron chi connectivity index (χ4n) is 2.87. The van der Waals surface area contributed by atoms with Crippen molar-refractivity contribution >= 4 is 5.91 Å². The Morgan fingerprint density at radius 2 is 2.12 bits per heavy atom. The first-order valence-corrected chi connectivity index (χ1v) is 6.84. The molecule has 2 rings (SSSR count). The number of aliphatic hydroxyl groups is 1. The molecule has 1 amide bonds. The van der Waals surface area contributed by atoms with Crippen LogP contribution in [-0.2, 0) is 4.79 Å². The van der Waals surface area contributed by atoms with E-state index in [-0.39, 0.29) is 12.5 Å². The molecule has 1 saturated carbocycles. The van der Waals surface area contributed by atoms with E-state index >= 15 is 0 Å². The maximum absolute atomic E-state index is 11.6. The second kappa shape index (κ2) is 5.83. The van der Waals surface area contributed by atoms with Gasteiger partial charge < -0.3 is 10.0 Å². The normalized spacial score (nSPS) is 25.4. The Morgan fingerprint density at radius 3 is 2.71 bits per heavy atom. The van der Waals surface area contributed by atoms with Crippen LogP contribution in [0.15, 0.2) is 0 Å². The molecule has 1 atom stereocenters. The summed E-state index contributed by atoms with van der Waals surface area (Å²) in [5, 5.41) is 9.10. The first-order valence-electron chi connectivity index (χ1n) is 6.84. The van der Waals surface area contributed by atoms with Crippen molar-refractivity contribution in [2.75, 3.05) is 26.2 Å². The summed E-state index contributed by atoms with van der Waals surface area (Å²) in [6, 6.07) is 1.03. The molecule has 17 heavy (non-hydrogen) atoms. The second-order valence-electron chi connectivity index (χ2n) is 5.31. The maximum atomic E-state index is 11.6. The Morgan fingerprint density at radius 1 is 1.35 bits per heavy atom. The highest BCUT2D eigenvalue weighted by atomic mass is 16.3. The summed E-state index contributed by atoms with van der Waals surface area (Å²) in [6.45, 7) is 4.52. The molecule has 0 spiro atoms. The van der Waals surface area contributed by atoms with E-state index in [2.05, 4.69) is 4.90 Å². The van der Waals surface area contributed by atoms with E-state index in [0.717, 1.165) is 32.5 Å². The summed E-state index contributed by atoms with van der Waals surface area (Å²) < 4.78 is 0. The predicted molar refractivity (Wildman–Crippen MR) is 66.7 cm³/mol. The number of carbonyl (C=O) groups is 1. The highest BCUT2D eigenvalue weighted by Crippen LogP contribution is 2.28. The molecule has 1 unspecified atom stereocenters. The third-order valence-electron chi connectivity index (χ3n) is 3.93. The lowest BCUT2D eigenvalue weighted by Crippen LogP contribution is -2.49. The molecule has 2 aliphatic rings. The highest BCUT2D eigenvalue weighted by molar-refractivity contribution is 5.73. The standard InChI is InChI=1S/C13H24N2O2/c1-11(17)15-7-3-2-4-13(15)10-14(8-9-16)12-5-6-12/h12-13,16H,2-10H2,1H3. The lowest BCUT2D eigenvalue weighted by atomic mass is 10.0. The molecule has 4 heteroatoms. The van der Waals surface area contributed by atoms with Gasteiger partial charge in [-0.05, 0) is 32.1 Å². The van der Waals surface area contributed by atoms with Crippen LogP contribution in [0.25, 0.3) is 0 Å². The number of piperidine rings is 1. The minimum absolute atomic E-state index is 0.203. The summed E-state index contributed by atoms with van der Waals surface area (Å²) in [5.74, 6) is 0.203. The van der Waals surface area contributed by atoms with E-state index in [1.165, 1.54) is 19.3 Å². The third-order valence-corrected chi connectivity index (χ3v) is 3.93.